The summed E-state index contributed by atoms with van der Waals surface area (Å²) in [6.45, 7) is 5.57. The number of aryl methyl sites for hydroxylation is 1. The van der Waals surface area contributed by atoms with E-state index < -0.39 is 6.10 Å². The molecule has 1 N–H and O–H groups in total. The molecule has 1 atom stereocenters. The van der Waals surface area contributed by atoms with Crippen molar-refractivity contribution >= 4 is 0 Å². The molecular weight excluding hydrogens is 216 g/mol. The lowest BCUT2D eigenvalue weighted by Crippen LogP contribution is -2.08. The van der Waals surface area contributed by atoms with Crippen LogP contribution in [-0.2, 0) is 6.42 Å². The zero-order valence-corrected chi connectivity index (χ0v) is 10.7. The summed E-state index contributed by atoms with van der Waals surface area (Å²) >= 11 is 0. The fourth-order valence-electron chi connectivity index (χ4n) is 1.56. The van der Waals surface area contributed by atoms with E-state index in [1.165, 1.54) is 0 Å². The summed E-state index contributed by atoms with van der Waals surface area (Å²) in [4.78, 5) is 0. The fourth-order valence-corrected chi connectivity index (χ4v) is 1.56. The minimum Gasteiger partial charge on any atom is -0.497 e. The van der Waals surface area contributed by atoms with Crippen molar-refractivity contribution in [3.8, 4) is 11.5 Å². The van der Waals surface area contributed by atoms with Crippen LogP contribution in [0.1, 0.15) is 18.9 Å². The molecule has 0 heterocycles. The average Bonchev–Trinajstić information content (AvgIpc) is 2.35. The molecule has 0 amide bonds. The minimum absolute atomic E-state index is 0.452. The summed E-state index contributed by atoms with van der Waals surface area (Å²) in [5, 5.41) is 9.68. The third-order valence-electron chi connectivity index (χ3n) is 2.69. The van der Waals surface area contributed by atoms with Crippen molar-refractivity contribution in [2.75, 3.05) is 14.2 Å². The Bertz CT molecular complexity index is 363. The number of ether oxygens (including phenoxy) is 2. The molecule has 1 aromatic carbocycles. The molecule has 94 valence electrons. The average molecular weight is 236 g/mol. The van der Waals surface area contributed by atoms with Crippen LogP contribution in [0.5, 0.6) is 11.5 Å². The van der Waals surface area contributed by atoms with Crippen LogP contribution in [0.3, 0.4) is 0 Å². The van der Waals surface area contributed by atoms with Gasteiger partial charge in [-0.1, -0.05) is 12.2 Å². The summed E-state index contributed by atoms with van der Waals surface area (Å²) in [6.07, 6.45) is 0.972. The smallest absolute Gasteiger partial charge is 0.122 e. The molecule has 0 aliphatic heterocycles. The normalized spacial score (nSPS) is 12.0. The van der Waals surface area contributed by atoms with Crippen LogP contribution >= 0.6 is 0 Å². The second kappa shape index (κ2) is 6.30. The molecule has 0 saturated heterocycles. The van der Waals surface area contributed by atoms with Crippen molar-refractivity contribution in [1.82, 2.24) is 0 Å². The molecular formula is C14H20O3. The predicted octanol–water partition coefficient (Wildman–Crippen LogP) is 2.57. The van der Waals surface area contributed by atoms with Crippen LogP contribution in [0.25, 0.3) is 0 Å². The second-order valence-corrected chi connectivity index (χ2v) is 4.12. The van der Waals surface area contributed by atoms with Crippen LogP contribution in [0, 0.1) is 0 Å². The van der Waals surface area contributed by atoms with E-state index in [1.54, 1.807) is 14.2 Å². The van der Waals surface area contributed by atoms with Crippen molar-refractivity contribution in [3.05, 3.63) is 35.9 Å². The van der Waals surface area contributed by atoms with Gasteiger partial charge in [-0.25, -0.2) is 0 Å². The van der Waals surface area contributed by atoms with E-state index in [2.05, 4.69) is 6.58 Å². The first-order valence-corrected chi connectivity index (χ1v) is 5.62. The Labute approximate surface area is 103 Å². The standard InChI is InChI=1S/C14H20O3/c1-10(2)14(15)6-5-11-7-12(16-3)9-13(8-11)17-4/h7-9,14-15H,1,5-6H2,2-4H3. The van der Waals surface area contributed by atoms with Crippen molar-refractivity contribution in [2.24, 2.45) is 0 Å². The summed E-state index contributed by atoms with van der Waals surface area (Å²) in [7, 11) is 3.25. The molecule has 0 spiro atoms. The van der Waals surface area contributed by atoms with Gasteiger partial charge < -0.3 is 14.6 Å². The maximum absolute atomic E-state index is 9.68. The zero-order chi connectivity index (χ0) is 12.8. The highest BCUT2D eigenvalue weighted by Crippen LogP contribution is 2.23. The van der Waals surface area contributed by atoms with Gasteiger partial charge >= 0.3 is 0 Å². The maximum Gasteiger partial charge on any atom is 0.122 e. The van der Waals surface area contributed by atoms with Gasteiger partial charge in [0.25, 0.3) is 0 Å². The van der Waals surface area contributed by atoms with Gasteiger partial charge in [-0.15, -0.1) is 0 Å². The van der Waals surface area contributed by atoms with E-state index in [4.69, 9.17) is 9.47 Å². The molecule has 1 unspecified atom stereocenters. The van der Waals surface area contributed by atoms with Crippen molar-refractivity contribution in [3.63, 3.8) is 0 Å². The Morgan fingerprint density at radius 2 is 1.76 bits per heavy atom. The number of rotatable bonds is 6. The fraction of sp³-hybridized carbons (Fsp3) is 0.429. The van der Waals surface area contributed by atoms with E-state index in [1.807, 2.05) is 25.1 Å². The van der Waals surface area contributed by atoms with Crippen molar-refractivity contribution in [2.45, 2.75) is 25.9 Å². The van der Waals surface area contributed by atoms with Gasteiger partial charge in [0.1, 0.15) is 11.5 Å². The van der Waals surface area contributed by atoms with E-state index in [0.29, 0.717) is 6.42 Å². The first-order valence-electron chi connectivity index (χ1n) is 5.62. The number of benzene rings is 1. The van der Waals surface area contributed by atoms with Gasteiger partial charge in [0.15, 0.2) is 0 Å². The highest BCUT2D eigenvalue weighted by atomic mass is 16.5. The van der Waals surface area contributed by atoms with Gasteiger partial charge in [-0.05, 0) is 37.5 Å². The predicted molar refractivity (Wildman–Crippen MR) is 68.7 cm³/mol. The van der Waals surface area contributed by atoms with Crippen LogP contribution in [0.4, 0.5) is 0 Å². The Balaban J connectivity index is 2.73. The van der Waals surface area contributed by atoms with Crippen LogP contribution in [0.15, 0.2) is 30.4 Å². The summed E-state index contributed by atoms with van der Waals surface area (Å²) < 4.78 is 10.4. The van der Waals surface area contributed by atoms with Gasteiger partial charge in [-0.3, -0.25) is 0 Å². The Hall–Kier alpha value is -1.48. The lowest BCUT2D eigenvalue weighted by molar-refractivity contribution is 0.201. The highest BCUT2D eigenvalue weighted by Gasteiger charge is 2.07. The number of hydrogen-bond donors (Lipinski definition) is 1. The largest absolute Gasteiger partial charge is 0.497 e. The molecule has 0 saturated carbocycles. The molecule has 0 aromatic heterocycles. The van der Waals surface area contributed by atoms with Crippen LogP contribution in [0.2, 0.25) is 0 Å². The van der Waals surface area contributed by atoms with Gasteiger partial charge in [0.05, 0.1) is 20.3 Å². The molecule has 0 aliphatic rings. The molecule has 1 rings (SSSR count). The first-order chi connectivity index (χ1) is 8.06. The Kier molecular flexibility index (Phi) is 5.04. The van der Waals surface area contributed by atoms with Gasteiger partial charge in [-0.2, -0.15) is 0 Å². The third-order valence-corrected chi connectivity index (χ3v) is 2.69. The third kappa shape index (κ3) is 4.11. The molecule has 3 heteroatoms. The SMILES string of the molecule is C=C(C)C(O)CCc1cc(OC)cc(OC)c1. The molecule has 0 radical (unpaired) electrons. The topological polar surface area (TPSA) is 38.7 Å². The summed E-state index contributed by atoms with van der Waals surface area (Å²) in [5.41, 5.74) is 1.88. The van der Waals surface area contributed by atoms with Crippen molar-refractivity contribution < 1.29 is 14.6 Å². The minimum atomic E-state index is -0.452. The second-order valence-electron chi connectivity index (χ2n) is 4.12. The molecule has 0 bridgehead atoms. The lowest BCUT2D eigenvalue weighted by Gasteiger charge is -2.11. The molecule has 17 heavy (non-hydrogen) atoms. The summed E-state index contributed by atoms with van der Waals surface area (Å²) in [5.74, 6) is 1.54. The van der Waals surface area contributed by atoms with Crippen LogP contribution in [-0.4, -0.2) is 25.4 Å². The number of hydrogen-bond acceptors (Lipinski definition) is 3. The van der Waals surface area contributed by atoms with Gasteiger partial charge in [0.2, 0.25) is 0 Å². The molecule has 1 aromatic rings. The lowest BCUT2D eigenvalue weighted by atomic mass is 10.0. The van der Waals surface area contributed by atoms with E-state index in [0.717, 1.165) is 29.1 Å². The summed E-state index contributed by atoms with van der Waals surface area (Å²) in [6, 6.07) is 5.74. The Morgan fingerprint density at radius 1 is 1.24 bits per heavy atom. The van der Waals surface area contributed by atoms with E-state index >= 15 is 0 Å². The van der Waals surface area contributed by atoms with Crippen LogP contribution < -0.4 is 9.47 Å². The molecule has 3 nitrogen and oxygen atoms in total. The molecule has 0 aliphatic carbocycles. The van der Waals surface area contributed by atoms with E-state index in [9.17, 15) is 5.11 Å². The first kappa shape index (κ1) is 13.6. The van der Waals surface area contributed by atoms with Crippen molar-refractivity contribution in [1.29, 1.82) is 0 Å². The van der Waals surface area contributed by atoms with Gasteiger partial charge in [0, 0.05) is 6.07 Å². The van der Waals surface area contributed by atoms with E-state index in [-0.39, 0.29) is 0 Å². The molecule has 0 fully saturated rings. The highest BCUT2D eigenvalue weighted by molar-refractivity contribution is 5.38. The monoisotopic (exact) mass is 236 g/mol. The maximum atomic E-state index is 9.68. The number of aliphatic hydroxyl groups excluding tert-OH is 1. The number of methoxy groups -OCH3 is 2. The quantitative estimate of drug-likeness (QED) is 0.771. The zero-order valence-electron chi connectivity index (χ0n) is 10.7. The number of aliphatic hydroxyl groups is 1. The Morgan fingerprint density at radius 3 is 2.18 bits per heavy atom.